The molecule has 0 N–H and O–H groups in total. The first-order chi connectivity index (χ1) is 9.69. The highest BCUT2D eigenvalue weighted by Gasteiger charge is 2.30. The molecule has 2 atom stereocenters. The summed E-state index contributed by atoms with van der Waals surface area (Å²) in [5.41, 5.74) is 0.622. The second kappa shape index (κ2) is 5.61. The van der Waals surface area contributed by atoms with Crippen LogP contribution in [0.15, 0.2) is 18.2 Å². The number of hydrogen-bond donors (Lipinski definition) is 0. The van der Waals surface area contributed by atoms with Crippen molar-refractivity contribution in [1.82, 2.24) is 4.90 Å². The minimum absolute atomic E-state index is 0.00468. The minimum atomic E-state index is 0.00468. The Morgan fingerprint density at radius 3 is 3.00 bits per heavy atom. The van der Waals surface area contributed by atoms with Crippen molar-refractivity contribution in [2.24, 2.45) is 0 Å². The molecule has 1 saturated heterocycles. The van der Waals surface area contributed by atoms with Gasteiger partial charge in [-0.2, -0.15) is 0 Å². The van der Waals surface area contributed by atoms with E-state index in [9.17, 15) is 4.79 Å². The van der Waals surface area contributed by atoms with Gasteiger partial charge in [-0.15, -0.1) is 0 Å². The maximum atomic E-state index is 12.6. The molecule has 2 unspecified atom stereocenters. The number of hydrogen-bond acceptors (Lipinski definition) is 4. The van der Waals surface area contributed by atoms with Crippen molar-refractivity contribution in [2.75, 3.05) is 25.3 Å². The number of amides is 1. The Hall–Kier alpha value is -1.27. The largest absolute Gasteiger partial charge is 0.454 e. The lowest BCUT2D eigenvalue weighted by atomic mass is 10.1. The molecule has 2 aliphatic heterocycles. The van der Waals surface area contributed by atoms with Crippen LogP contribution in [-0.2, 0) is 4.74 Å². The summed E-state index contributed by atoms with van der Waals surface area (Å²) in [5.74, 6) is 1.33. The van der Waals surface area contributed by atoms with Gasteiger partial charge >= 0.3 is 0 Å². The Morgan fingerprint density at radius 1 is 1.40 bits per heavy atom. The molecule has 0 radical (unpaired) electrons. The molecule has 2 aliphatic rings. The van der Waals surface area contributed by atoms with Crippen molar-refractivity contribution in [2.45, 2.75) is 19.1 Å². The third kappa shape index (κ3) is 2.50. The normalized spacial score (nSPS) is 24.8. The Kier molecular flexibility index (Phi) is 3.85. The van der Waals surface area contributed by atoms with Crippen LogP contribution in [0, 0.1) is 0 Å². The number of benzene rings is 1. The lowest BCUT2D eigenvalue weighted by Gasteiger charge is -2.37. The van der Waals surface area contributed by atoms with Crippen molar-refractivity contribution >= 4 is 21.8 Å². The fraction of sp³-hybridized carbons (Fsp3) is 0.500. The van der Waals surface area contributed by atoms with Gasteiger partial charge < -0.3 is 19.1 Å². The number of carbonyl (C=O) groups is 1. The maximum Gasteiger partial charge on any atom is 0.254 e. The Balaban J connectivity index is 1.80. The number of ether oxygens (including phenoxy) is 3. The molecule has 1 fully saturated rings. The topological polar surface area (TPSA) is 48.0 Å². The van der Waals surface area contributed by atoms with Gasteiger partial charge in [0.1, 0.15) is 0 Å². The van der Waals surface area contributed by atoms with Gasteiger partial charge in [0, 0.05) is 17.4 Å². The summed E-state index contributed by atoms with van der Waals surface area (Å²) in [6, 6.07) is 5.38. The van der Waals surface area contributed by atoms with Gasteiger partial charge in [0.25, 0.3) is 5.91 Å². The Morgan fingerprint density at radius 2 is 2.20 bits per heavy atom. The van der Waals surface area contributed by atoms with Crippen molar-refractivity contribution in [3.63, 3.8) is 0 Å². The molecular formula is C14H16BrNO4. The Bertz CT molecular complexity index is 522. The molecular weight excluding hydrogens is 326 g/mol. The zero-order valence-electron chi connectivity index (χ0n) is 11.2. The standard InChI is InChI=1S/C14H16BrNO4/c1-9-7-18-11(5-15)6-16(9)14(17)10-2-3-12-13(4-10)20-8-19-12/h2-4,9,11H,5-8H2,1H3. The average Bonchev–Trinajstić information content (AvgIpc) is 2.94. The van der Waals surface area contributed by atoms with Gasteiger partial charge in [0.05, 0.1) is 18.8 Å². The number of carbonyl (C=O) groups excluding carboxylic acids is 1. The number of rotatable bonds is 2. The summed E-state index contributed by atoms with van der Waals surface area (Å²) in [5, 5.41) is 0.727. The number of halogens is 1. The molecule has 2 heterocycles. The number of nitrogens with zero attached hydrogens (tertiary/aromatic N) is 1. The first-order valence-electron chi connectivity index (χ1n) is 6.57. The van der Waals surface area contributed by atoms with Crippen LogP contribution in [0.5, 0.6) is 11.5 Å². The first kappa shape index (κ1) is 13.7. The maximum absolute atomic E-state index is 12.6. The summed E-state index contributed by atoms with van der Waals surface area (Å²) in [6.07, 6.45) is 0.0455. The van der Waals surface area contributed by atoms with E-state index in [1.54, 1.807) is 18.2 Å². The van der Waals surface area contributed by atoms with Crippen LogP contribution in [0.2, 0.25) is 0 Å². The fourth-order valence-electron chi connectivity index (χ4n) is 2.39. The second-order valence-electron chi connectivity index (χ2n) is 4.98. The minimum Gasteiger partial charge on any atom is -0.454 e. The molecule has 6 heteroatoms. The van der Waals surface area contributed by atoms with Crippen LogP contribution >= 0.6 is 15.9 Å². The third-order valence-corrected chi connectivity index (χ3v) is 4.28. The predicted octanol–water partition coefficient (Wildman–Crippen LogP) is 2.04. The van der Waals surface area contributed by atoms with Gasteiger partial charge in [-0.1, -0.05) is 15.9 Å². The van der Waals surface area contributed by atoms with Gasteiger partial charge in [0.15, 0.2) is 11.5 Å². The van der Waals surface area contributed by atoms with Crippen LogP contribution in [0.3, 0.4) is 0 Å². The molecule has 3 rings (SSSR count). The average molecular weight is 342 g/mol. The molecule has 20 heavy (non-hydrogen) atoms. The van der Waals surface area contributed by atoms with E-state index < -0.39 is 0 Å². The van der Waals surface area contributed by atoms with Crippen molar-refractivity contribution < 1.29 is 19.0 Å². The van der Waals surface area contributed by atoms with Crippen molar-refractivity contribution in [3.8, 4) is 11.5 Å². The highest BCUT2D eigenvalue weighted by Crippen LogP contribution is 2.33. The molecule has 0 aliphatic carbocycles. The number of fused-ring (bicyclic) bond motifs is 1. The summed E-state index contributed by atoms with van der Waals surface area (Å²) in [4.78, 5) is 14.5. The fourth-order valence-corrected chi connectivity index (χ4v) is 2.78. The van der Waals surface area contributed by atoms with E-state index in [2.05, 4.69) is 15.9 Å². The lowest BCUT2D eigenvalue weighted by molar-refractivity contribution is -0.0361. The monoisotopic (exact) mass is 341 g/mol. The number of alkyl halides is 1. The summed E-state index contributed by atoms with van der Waals surface area (Å²) in [6.45, 7) is 3.37. The van der Waals surface area contributed by atoms with Crippen LogP contribution < -0.4 is 9.47 Å². The van der Waals surface area contributed by atoms with Gasteiger partial charge in [-0.3, -0.25) is 4.79 Å². The third-order valence-electron chi connectivity index (χ3n) is 3.56. The molecule has 1 amide bonds. The van der Waals surface area contributed by atoms with E-state index in [1.807, 2.05) is 11.8 Å². The molecule has 1 aromatic carbocycles. The van der Waals surface area contributed by atoms with Gasteiger partial charge in [0.2, 0.25) is 6.79 Å². The highest BCUT2D eigenvalue weighted by molar-refractivity contribution is 9.09. The van der Waals surface area contributed by atoms with E-state index in [0.717, 1.165) is 5.33 Å². The first-order valence-corrected chi connectivity index (χ1v) is 7.69. The molecule has 1 aromatic rings. The van der Waals surface area contributed by atoms with Crippen LogP contribution in [0.1, 0.15) is 17.3 Å². The molecule has 108 valence electrons. The van der Waals surface area contributed by atoms with Crippen LogP contribution in [-0.4, -0.2) is 48.2 Å². The second-order valence-corrected chi connectivity index (χ2v) is 5.63. The molecule has 0 spiro atoms. The SMILES string of the molecule is CC1COC(CBr)CN1C(=O)c1ccc2c(c1)OCO2. The molecule has 0 aromatic heterocycles. The summed E-state index contributed by atoms with van der Waals surface area (Å²) < 4.78 is 16.2. The molecule has 0 saturated carbocycles. The lowest BCUT2D eigenvalue weighted by Crippen LogP contribution is -2.51. The highest BCUT2D eigenvalue weighted by atomic mass is 79.9. The van der Waals surface area contributed by atoms with E-state index >= 15 is 0 Å². The number of morpholine rings is 1. The zero-order valence-corrected chi connectivity index (χ0v) is 12.8. The van der Waals surface area contributed by atoms with Crippen molar-refractivity contribution in [3.05, 3.63) is 23.8 Å². The van der Waals surface area contributed by atoms with E-state index in [-0.39, 0.29) is 24.8 Å². The van der Waals surface area contributed by atoms with Crippen LogP contribution in [0.25, 0.3) is 0 Å². The molecule has 5 nitrogen and oxygen atoms in total. The van der Waals surface area contributed by atoms with Gasteiger partial charge in [-0.05, 0) is 25.1 Å². The van der Waals surface area contributed by atoms with Crippen molar-refractivity contribution in [1.29, 1.82) is 0 Å². The zero-order chi connectivity index (χ0) is 14.1. The van der Waals surface area contributed by atoms with E-state index in [0.29, 0.717) is 30.2 Å². The summed E-state index contributed by atoms with van der Waals surface area (Å²) >= 11 is 3.40. The Labute approximate surface area is 125 Å². The summed E-state index contributed by atoms with van der Waals surface area (Å²) in [7, 11) is 0. The molecule has 0 bridgehead atoms. The van der Waals surface area contributed by atoms with E-state index in [4.69, 9.17) is 14.2 Å². The predicted molar refractivity (Wildman–Crippen MR) is 76.6 cm³/mol. The quantitative estimate of drug-likeness (QED) is 0.772. The van der Waals surface area contributed by atoms with Crippen LogP contribution in [0.4, 0.5) is 0 Å². The van der Waals surface area contributed by atoms with E-state index in [1.165, 1.54) is 0 Å². The smallest absolute Gasteiger partial charge is 0.254 e. The van der Waals surface area contributed by atoms with Gasteiger partial charge in [-0.25, -0.2) is 0 Å².